The molecule has 1 aromatic heterocycles. The van der Waals surface area contributed by atoms with E-state index in [0.29, 0.717) is 6.54 Å². The molecule has 0 bridgehead atoms. The first-order valence-corrected chi connectivity index (χ1v) is 7.61. The number of halogens is 1. The van der Waals surface area contributed by atoms with Gasteiger partial charge in [0.25, 0.3) is 0 Å². The molecule has 0 aliphatic carbocycles. The molecule has 7 heteroatoms. The molecule has 118 valence electrons. The lowest BCUT2D eigenvalue weighted by Gasteiger charge is -2.18. The van der Waals surface area contributed by atoms with Gasteiger partial charge in [-0.05, 0) is 31.5 Å². The molecule has 2 aromatic rings. The first-order valence-electron chi connectivity index (χ1n) is 7.23. The number of nitrogens with zero attached hydrogens (tertiary/aromatic N) is 4. The Labute approximate surface area is 135 Å². The molecule has 0 amide bonds. The Bertz CT molecular complexity index is 636. The number of aromatic nitrogens is 3. The molecule has 1 atom stereocenters. The van der Waals surface area contributed by atoms with Crippen molar-refractivity contribution in [3.8, 4) is 0 Å². The molecule has 0 saturated heterocycles. The maximum Gasteiger partial charge on any atom is 0.192 e. The molecule has 0 aliphatic rings. The Morgan fingerprint density at radius 3 is 2.91 bits per heavy atom. The van der Waals surface area contributed by atoms with Crippen LogP contribution < -0.4 is 10.6 Å². The minimum Gasteiger partial charge on any atom is -0.357 e. The quantitative estimate of drug-likeness (QED) is 0.655. The van der Waals surface area contributed by atoms with E-state index in [1.807, 2.05) is 38.2 Å². The van der Waals surface area contributed by atoms with Crippen molar-refractivity contribution in [2.45, 2.75) is 26.4 Å². The third kappa shape index (κ3) is 4.46. The van der Waals surface area contributed by atoms with Gasteiger partial charge >= 0.3 is 0 Å². The normalized spacial score (nSPS) is 13.0. The third-order valence-electron chi connectivity index (χ3n) is 3.23. The molecule has 0 spiro atoms. The highest BCUT2D eigenvalue weighted by Crippen LogP contribution is 2.17. The summed E-state index contributed by atoms with van der Waals surface area (Å²) in [4.78, 5) is 8.71. The largest absolute Gasteiger partial charge is 0.357 e. The number of hydrogen-bond acceptors (Lipinski definition) is 3. The van der Waals surface area contributed by atoms with Crippen molar-refractivity contribution in [2.24, 2.45) is 12.0 Å². The summed E-state index contributed by atoms with van der Waals surface area (Å²) in [5.41, 5.74) is 1.11. The summed E-state index contributed by atoms with van der Waals surface area (Å²) in [7, 11) is 1.85. The number of hydrogen-bond donors (Lipinski definition) is 2. The first-order chi connectivity index (χ1) is 10.6. The fourth-order valence-corrected chi connectivity index (χ4v) is 2.20. The molecule has 0 fully saturated rings. The van der Waals surface area contributed by atoms with E-state index in [2.05, 4.69) is 32.6 Å². The topological polar surface area (TPSA) is 67.1 Å². The maximum absolute atomic E-state index is 6.04. The summed E-state index contributed by atoms with van der Waals surface area (Å²) in [5, 5.41) is 11.4. The van der Waals surface area contributed by atoms with Crippen molar-refractivity contribution in [1.29, 1.82) is 0 Å². The summed E-state index contributed by atoms with van der Waals surface area (Å²) >= 11 is 6.04. The van der Waals surface area contributed by atoms with Gasteiger partial charge in [0.1, 0.15) is 18.7 Å². The monoisotopic (exact) mass is 320 g/mol. The van der Waals surface area contributed by atoms with Gasteiger partial charge in [0.2, 0.25) is 0 Å². The highest BCUT2D eigenvalue weighted by molar-refractivity contribution is 6.30. The van der Waals surface area contributed by atoms with Gasteiger partial charge in [-0.15, -0.1) is 0 Å². The van der Waals surface area contributed by atoms with Crippen LogP contribution in [0, 0.1) is 0 Å². The van der Waals surface area contributed by atoms with Gasteiger partial charge in [-0.2, -0.15) is 5.10 Å². The van der Waals surface area contributed by atoms with Gasteiger partial charge in [-0.25, -0.2) is 9.98 Å². The second-order valence-corrected chi connectivity index (χ2v) is 5.35. The minimum atomic E-state index is 0.0935. The zero-order chi connectivity index (χ0) is 15.9. The molecule has 0 radical (unpaired) electrons. The average Bonchev–Trinajstić information content (AvgIpc) is 2.90. The summed E-state index contributed by atoms with van der Waals surface area (Å²) < 4.78 is 1.72. The lowest BCUT2D eigenvalue weighted by Crippen LogP contribution is -2.38. The number of aryl methyl sites for hydroxylation is 1. The zero-order valence-corrected chi connectivity index (χ0v) is 13.8. The minimum absolute atomic E-state index is 0.0935. The second-order valence-electron chi connectivity index (χ2n) is 4.92. The van der Waals surface area contributed by atoms with E-state index >= 15 is 0 Å². The van der Waals surface area contributed by atoms with Crippen LogP contribution in [0.25, 0.3) is 0 Å². The summed E-state index contributed by atoms with van der Waals surface area (Å²) in [6.07, 6.45) is 1.53. The zero-order valence-electron chi connectivity index (χ0n) is 13.0. The van der Waals surface area contributed by atoms with E-state index in [1.165, 1.54) is 6.33 Å². The van der Waals surface area contributed by atoms with E-state index in [4.69, 9.17) is 11.6 Å². The van der Waals surface area contributed by atoms with Gasteiger partial charge < -0.3 is 10.6 Å². The van der Waals surface area contributed by atoms with E-state index in [1.54, 1.807) is 4.68 Å². The Morgan fingerprint density at radius 1 is 1.45 bits per heavy atom. The van der Waals surface area contributed by atoms with Crippen LogP contribution in [0.1, 0.15) is 31.3 Å². The lowest BCUT2D eigenvalue weighted by atomic mass is 10.1. The highest BCUT2D eigenvalue weighted by atomic mass is 35.5. The number of benzene rings is 1. The van der Waals surface area contributed by atoms with Crippen LogP contribution in [0.15, 0.2) is 35.6 Å². The van der Waals surface area contributed by atoms with E-state index in [-0.39, 0.29) is 6.04 Å². The second kappa shape index (κ2) is 7.79. The Balaban J connectivity index is 2.06. The lowest BCUT2D eigenvalue weighted by molar-refractivity contribution is 0.672. The molecule has 22 heavy (non-hydrogen) atoms. The van der Waals surface area contributed by atoms with Gasteiger partial charge in [0, 0.05) is 18.6 Å². The molecule has 2 N–H and O–H groups in total. The Kier molecular flexibility index (Phi) is 5.77. The van der Waals surface area contributed by atoms with Crippen LogP contribution in [-0.2, 0) is 13.6 Å². The van der Waals surface area contributed by atoms with Crippen molar-refractivity contribution in [3.05, 3.63) is 47.0 Å². The number of guanidine groups is 1. The molecular formula is C15H21ClN6. The first kappa shape index (κ1) is 16.3. The number of aliphatic imine (C=N–C) groups is 1. The van der Waals surface area contributed by atoms with Gasteiger partial charge in [0.05, 0.1) is 6.04 Å². The average molecular weight is 321 g/mol. The van der Waals surface area contributed by atoms with Crippen molar-refractivity contribution < 1.29 is 0 Å². The van der Waals surface area contributed by atoms with Gasteiger partial charge in [-0.3, -0.25) is 4.68 Å². The van der Waals surface area contributed by atoms with Crippen molar-refractivity contribution in [3.63, 3.8) is 0 Å². The fourth-order valence-electron chi connectivity index (χ4n) is 2.00. The van der Waals surface area contributed by atoms with E-state index in [0.717, 1.165) is 28.9 Å². The highest BCUT2D eigenvalue weighted by Gasteiger charge is 2.08. The fraction of sp³-hybridized carbons (Fsp3) is 0.400. The maximum atomic E-state index is 6.04. The molecular weight excluding hydrogens is 300 g/mol. The van der Waals surface area contributed by atoms with E-state index in [9.17, 15) is 0 Å². The van der Waals surface area contributed by atoms with Crippen molar-refractivity contribution >= 4 is 17.6 Å². The Hall–Kier alpha value is -2.08. The standard InChI is InChI=1S/C15H21ClN6/c1-4-17-15(18-9-14-19-10-20-22(14)3)21-11(2)12-6-5-7-13(16)8-12/h5-8,10-11H,4,9H2,1-3H3,(H2,17,18,21). The smallest absolute Gasteiger partial charge is 0.192 e. The predicted molar refractivity (Wildman–Crippen MR) is 88.8 cm³/mol. The van der Waals surface area contributed by atoms with Crippen LogP contribution in [-0.4, -0.2) is 27.3 Å². The van der Waals surface area contributed by atoms with Crippen molar-refractivity contribution in [2.75, 3.05) is 6.54 Å². The molecule has 0 saturated carbocycles. The molecule has 1 heterocycles. The number of rotatable bonds is 5. The molecule has 2 rings (SSSR count). The van der Waals surface area contributed by atoms with Gasteiger partial charge in [-0.1, -0.05) is 23.7 Å². The van der Waals surface area contributed by atoms with Crippen LogP contribution in [0.4, 0.5) is 0 Å². The summed E-state index contributed by atoms with van der Waals surface area (Å²) in [5.74, 6) is 1.55. The number of nitrogens with one attached hydrogen (secondary N) is 2. The Morgan fingerprint density at radius 2 is 2.27 bits per heavy atom. The van der Waals surface area contributed by atoms with Crippen molar-refractivity contribution in [1.82, 2.24) is 25.4 Å². The van der Waals surface area contributed by atoms with Crippen LogP contribution in [0.2, 0.25) is 5.02 Å². The predicted octanol–water partition coefficient (Wildman–Crippen LogP) is 2.28. The molecule has 0 aliphatic heterocycles. The third-order valence-corrected chi connectivity index (χ3v) is 3.46. The van der Waals surface area contributed by atoms with Crippen LogP contribution in [0.3, 0.4) is 0 Å². The van der Waals surface area contributed by atoms with Crippen LogP contribution >= 0.6 is 11.6 Å². The molecule has 1 unspecified atom stereocenters. The van der Waals surface area contributed by atoms with E-state index < -0.39 is 0 Å². The van der Waals surface area contributed by atoms with Gasteiger partial charge in [0.15, 0.2) is 5.96 Å². The van der Waals surface area contributed by atoms with Crippen LogP contribution in [0.5, 0.6) is 0 Å². The summed E-state index contributed by atoms with van der Waals surface area (Å²) in [6, 6.07) is 7.89. The SMILES string of the molecule is CCNC(=NCc1ncnn1C)NC(C)c1cccc(Cl)c1. The summed E-state index contributed by atoms with van der Waals surface area (Å²) in [6.45, 7) is 5.35. The molecule has 6 nitrogen and oxygen atoms in total. The molecule has 1 aromatic carbocycles.